The van der Waals surface area contributed by atoms with Gasteiger partial charge in [-0.2, -0.15) is 0 Å². The lowest BCUT2D eigenvalue weighted by molar-refractivity contribution is -0.158. The molecule has 0 saturated carbocycles. The Morgan fingerprint density at radius 3 is 2.58 bits per heavy atom. The Hall–Kier alpha value is -3.81. The van der Waals surface area contributed by atoms with Gasteiger partial charge in [-0.15, -0.1) is 0 Å². The van der Waals surface area contributed by atoms with Crippen LogP contribution in [0, 0.1) is 12.8 Å². The summed E-state index contributed by atoms with van der Waals surface area (Å²) < 4.78 is 17.0. The number of carbonyl (C=O) groups excluding carboxylic acids is 3. The van der Waals surface area contributed by atoms with Crippen LogP contribution in [0.15, 0.2) is 42.8 Å². The van der Waals surface area contributed by atoms with Crippen molar-refractivity contribution in [2.75, 3.05) is 7.11 Å². The van der Waals surface area contributed by atoms with Crippen LogP contribution in [0.3, 0.4) is 0 Å². The van der Waals surface area contributed by atoms with Gasteiger partial charge in [0.15, 0.2) is 12.0 Å². The number of likely N-dealkylation sites (tertiary alicyclic amines) is 1. The SMILES string of the molecule is C=C(N[C@H](C(=O)N1[C@@H](C)CC[C@H]1C(=O)OC1CCc2cc3c(cc2C1=O)OCc1cc(C)ccc1-3)C(C)C)OC. The second kappa shape index (κ2) is 11.0. The van der Waals surface area contributed by atoms with Crippen LogP contribution in [-0.4, -0.2) is 53.9 Å². The first kappa shape index (κ1) is 27.7. The van der Waals surface area contributed by atoms with Crippen LogP contribution in [0.1, 0.15) is 67.1 Å². The predicted octanol–water partition coefficient (Wildman–Crippen LogP) is 4.71. The lowest BCUT2D eigenvalue weighted by atomic mass is 9.84. The molecule has 0 aromatic heterocycles. The van der Waals surface area contributed by atoms with E-state index in [1.807, 2.05) is 26.8 Å². The largest absolute Gasteiger partial charge is 0.488 e. The number of hydrogen-bond acceptors (Lipinski definition) is 7. The molecule has 1 amide bonds. The van der Waals surface area contributed by atoms with Gasteiger partial charge < -0.3 is 24.4 Å². The Balaban J connectivity index is 1.33. The molecule has 2 aliphatic heterocycles. The number of benzene rings is 2. The zero-order valence-electron chi connectivity index (χ0n) is 23.9. The lowest BCUT2D eigenvalue weighted by Crippen LogP contribution is -2.54. The summed E-state index contributed by atoms with van der Waals surface area (Å²) in [5, 5.41) is 3.03. The highest BCUT2D eigenvalue weighted by atomic mass is 16.5. The van der Waals surface area contributed by atoms with Crippen LogP contribution < -0.4 is 10.1 Å². The van der Waals surface area contributed by atoms with Crippen molar-refractivity contribution >= 4 is 17.7 Å². The zero-order valence-corrected chi connectivity index (χ0v) is 23.9. The molecule has 8 heteroatoms. The maximum Gasteiger partial charge on any atom is 0.329 e. The molecule has 1 N–H and O–H groups in total. The lowest BCUT2D eigenvalue weighted by Gasteiger charge is -2.34. The standard InChI is InChI=1S/C32H38N2O6/c1-17(2)29(33-20(5)38-6)31(36)34-19(4)8-11-26(34)32(37)40-27-12-9-21-14-25-23-10-7-18(3)13-22(23)16-39-28(25)15-24(21)30(27)35/h7,10,13-15,17,19,26-27,29,33H,5,8-9,11-12,16H2,1-4,6H3/t19-,26-,27?,29-/m0/s1. The van der Waals surface area contributed by atoms with Crippen molar-refractivity contribution in [3.05, 3.63) is 65.0 Å². The molecule has 1 saturated heterocycles. The Bertz CT molecular complexity index is 1370. The van der Waals surface area contributed by atoms with Gasteiger partial charge in [0, 0.05) is 17.2 Å². The second-order valence-corrected chi connectivity index (χ2v) is 11.5. The number of fused-ring (bicyclic) bond motifs is 4. The number of Topliss-reactive ketones (excluding diaryl/α,β-unsaturated/α-hetero) is 1. The van der Waals surface area contributed by atoms with E-state index in [1.165, 1.54) is 12.7 Å². The first-order chi connectivity index (χ1) is 19.1. The monoisotopic (exact) mass is 546 g/mol. The summed E-state index contributed by atoms with van der Waals surface area (Å²) in [5.74, 6) is -0.0797. The number of nitrogens with one attached hydrogen (secondary N) is 1. The average molecular weight is 547 g/mol. The molecule has 212 valence electrons. The van der Waals surface area contributed by atoms with Gasteiger partial charge in [-0.3, -0.25) is 9.59 Å². The van der Waals surface area contributed by atoms with Crippen LogP contribution in [0.4, 0.5) is 0 Å². The number of nitrogens with zero attached hydrogens (tertiary/aromatic N) is 1. The van der Waals surface area contributed by atoms with E-state index < -0.39 is 24.2 Å². The molecule has 40 heavy (non-hydrogen) atoms. The molecule has 0 radical (unpaired) electrons. The van der Waals surface area contributed by atoms with Crippen molar-refractivity contribution < 1.29 is 28.6 Å². The summed E-state index contributed by atoms with van der Waals surface area (Å²) in [4.78, 5) is 42.2. The molecule has 0 spiro atoms. The van der Waals surface area contributed by atoms with E-state index in [4.69, 9.17) is 14.2 Å². The Kier molecular flexibility index (Phi) is 7.62. The molecule has 2 heterocycles. The van der Waals surface area contributed by atoms with E-state index in [0.717, 1.165) is 22.3 Å². The molecule has 5 rings (SSSR count). The minimum Gasteiger partial charge on any atom is -0.488 e. The summed E-state index contributed by atoms with van der Waals surface area (Å²) in [6, 6.07) is 8.66. The summed E-state index contributed by atoms with van der Waals surface area (Å²) in [7, 11) is 1.48. The minimum atomic E-state index is -0.892. The molecule has 3 aliphatic rings. The van der Waals surface area contributed by atoms with Crippen molar-refractivity contribution in [1.82, 2.24) is 10.2 Å². The highest BCUT2D eigenvalue weighted by Crippen LogP contribution is 2.41. The van der Waals surface area contributed by atoms with Gasteiger partial charge in [-0.1, -0.05) is 37.6 Å². The smallest absolute Gasteiger partial charge is 0.329 e. The quantitative estimate of drug-likeness (QED) is 0.397. The Labute approximate surface area is 235 Å². The topological polar surface area (TPSA) is 94.2 Å². The number of methoxy groups -OCH3 is 1. The molecule has 4 atom stereocenters. The molecular formula is C32H38N2O6. The van der Waals surface area contributed by atoms with Gasteiger partial charge >= 0.3 is 5.97 Å². The molecular weight excluding hydrogens is 508 g/mol. The minimum absolute atomic E-state index is 0.0653. The van der Waals surface area contributed by atoms with Gasteiger partial charge in [0.1, 0.15) is 24.4 Å². The van der Waals surface area contributed by atoms with Gasteiger partial charge in [0.25, 0.3) is 0 Å². The van der Waals surface area contributed by atoms with E-state index in [0.29, 0.717) is 43.6 Å². The van der Waals surface area contributed by atoms with Crippen LogP contribution >= 0.6 is 0 Å². The number of amides is 1. The third-order valence-corrected chi connectivity index (χ3v) is 8.32. The van der Waals surface area contributed by atoms with Gasteiger partial charge in [-0.25, -0.2) is 4.79 Å². The van der Waals surface area contributed by atoms with Crippen molar-refractivity contribution in [2.45, 2.75) is 84.2 Å². The number of carbonyl (C=O) groups is 3. The Morgan fingerprint density at radius 1 is 1.07 bits per heavy atom. The summed E-state index contributed by atoms with van der Waals surface area (Å²) in [6.07, 6.45) is 1.28. The molecule has 1 fully saturated rings. The zero-order chi connectivity index (χ0) is 28.7. The molecule has 0 bridgehead atoms. The number of rotatable bonds is 7. The maximum atomic E-state index is 13.6. The van der Waals surface area contributed by atoms with Crippen molar-refractivity contribution in [3.8, 4) is 16.9 Å². The van der Waals surface area contributed by atoms with Gasteiger partial charge in [0.05, 0.1) is 7.11 Å². The second-order valence-electron chi connectivity index (χ2n) is 11.5. The van der Waals surface area contributed by atoms with Crippen LogP contribution in [-0.2, 0) is 32.1 Å². The maximum absolute atomic E-state index is 13.6. The van der Waals surface area contributed by atoms with Gasteiger partial charge in [-0.05, 0) is 80.9 Å². The fraction of sp³-hybridized carbons (Fsp3) is 0.469. The van der Waals surface area contributed by atoms with E-state index >= 15 is 0 Å². The van der Waals surface area contributed by atoms with E-state index in [1.54, 1.807) is 11.0 Å². The molecule has 1 unspecified atom stereocenters. The number of hydrogen-bond donors (Lipinski definition) is 1. The molecule has 2 aromatic rings. The third kappa shape index (κ3) is 5.07. The highest BCUT2D eigenvalue weighted by molar-refractivity contribution is 6.04. The number of ketones is 1. The fourth-order valence-electron chi connectivity index (χ4n) is 6.07. The molecule has 1 aliphatic carbocycles. The van der Waals surface area contributed by atoms with E-state index in [2.05, 4.69) is 37.0 Å². The van der Waals surface area contributed by atoms with Crippen molar-refractivity contribution in [2.24, 2.45) is 5.92 Å². The Morgan fingerprint density at radius 2 is 1.85 bits per heavy atom. The normalized spacial score (nSPS) is 22.0. The molecule has 8 nitrogen and oxygen atoms in total. The van der Waals surface area contributed by atoms with Crippen LogP contribution in [0.25, 0.3) is 11.1 Å². The van der Waals surface area contributed by atoms with Crippen LogP contribution in [0.5, 0.6) is 5.75 Å². The third-order valence-electron chi connectivity index (χ3n) is 8.32. The fourth-order valence-corrected chi connectivity index (χ4v) is 6.07. The molecule has 2 aromatic carbocycles. The van der Waals surface area contributed by atoms with Gasteiger partial charge in [0.2, 0.25) is 11.7 Å². The van der Waals surface area contributed by atoms with E-state index in [-0.39, 0.29) is 29.5 Å². The average Bonchev–Trinajstić information content (AvgIpc) is 3.32. The van der Waals surface area contributed by atoms with E-state index in [9.17, 15) is 14.4 Å². The predicted molar refractivity (Wildman–Crippen MR) is 151 cm³/mol. The number of aryl methyl sites for hydroxylation is 2. The number of esters is 1. The highest BCUT2D eigenvalue weighted by Gasteiger charge is 2.44. The summed E-state index contributed by atoms with van der Waals surface area (Å²) in [5.41, 5.74) is 5.89. The number of ether oxygens (including phenoxy) is 3. The van der Waals surface area contributed by atoms with Crippen LogP contribution in [0.2, 0.25) is 0 Å². The first-order valence-corrected chi connectivity index (χ1v) is 14.0. The first-order valence-electron chi connectivity index (χ1n) is 14.0. The van der Waals surface area contributed by atoms with Crippen molar-refractivity contribution in [3.63, 3.8) is 0 Å². The van der Waals surface area contributed by atoms with Crippen molar-refractivity contribution in [1.29, 1.82) is 0 Å². The summed E-state index contributed by atoms with van der Waals surface area (Å²) >= 11 is 0. The summed E-state index contributed by atoms with van der Waals surface area (Å²) in [6.45, 7) is 12.1.